The van der Waals surface area contributed by atoms with Crippen LogP contribution < -0.4 is 5.32 Å². The molecule has 0 spiro atoms. The molecule has 178 valence electrons. The van der Waals surface area contributed by atoms with Crippen LogP contribution in [0.2, 0.25) is 0 Å². The van der Waals surface area contributed by atoms with Crippen molar-refractivity contribution in [3.8, 4) is 11.3 Å². The van der Waals surface area contributed by atoms with Crippen molar-refractivity contribution >= 4 is 34.1 Å². The number of nitrogens with one attached hydrogen (secondary N) is 1. The van der Waals surface area contributed by atoms with Crippen LogP contribution in [0.25, 0.3) is 22.2 Å². The standard InChI is InChI=1S/C32H22N2O3/c1-2-19-14-16-20(17-15-19)28-18-25(21-8-5-6-12-26(21)33-28)32(37)34-27-13-7-11-24-29(27)31(36)23-10-4-3-9-22(23)30(24)35/h3-18H,2H2,1H3,(H,34,37). The molecule has 4 aromatic carbocycles. The zero-order valence-corrected chi connectivity index (χ0v) is 20.1. The number of carbonyl (C=O) groups excluding carboxylic acids is 3. The van der Waals surface area contributed by atoms with E-state index in [2.05, 4.69) is 24.4 Å². The molecule has 0 saturated carbocycles. The van der Waals surface area contributed by atoms with E-state index < -0.39 is 0 Å². The van der Waals surface area contributed by atoms with Crippen LogP contribution in [0.3, 0.4) is 0 Å². The molecule has 5 heteroatoms. The molecule has 1 N–H and O–H groups in total. The molecule has 37 heavy (non-hydrogen) atoms. The van der Waals surface area contributed by atoms with Crippen LogP contribution in [-0.4, -0.2) is 22.5 Å². The van der Waals surface area contributed by atoms with Crippen LogP contribution in [-0.2, 0) is 6.42 Å². The van der Waals surface area contributed by atoms with E-state index in [1.54, 1.807) is 48.5 Å². The molecule has 0 fully saturated rings. The number of rotatable bonds is 4. The Kier molecular flexibility index (Phi) is 5.46. The summed E-state index contributed by atoms with van der Waals surface area (Å²) in [5.41, 5.74) is 5.48. The van der Waals surface area contributed by atoms with Gasteiger partial charge < -0.3 is 5.32 Å². The second kappa shape index (κ2) is 8.95. The van der Waals surface area contributed by atoms with Gasteiger partial charge in [0.1, 0.15) is 0 Å². The van der Waals surface area contributed by atoms with Gasteiger partial charge in [-0.2, -0.15) is 0 Å². The number of pyridine rings is 1. The summed E-state index contributed by atoms with van der Waals surface area (Å²) in [6.45, 7) is 2.10. The predicted molar refractivity (Wildman–Crippen MR) is 144 cm³/mol. The summed E-state index contributed by atoms with van der Waals surface area (Å²) >= 11 is 0. The molecule has 0 atom stereocenters. The van der Waals surface area contributed by atoms with E-state index in [1.165, 1.54) is 5.56 Å². The molecule has 5 nitrogen and oxygen atoms in total. The lowest BCUT2D eigenvalue weighted by molar-refractivity contribution is 0.0978. The number of anilines is 1. The second-order valence-corrected chi connectivity index (χ2v) is 9.01. The molecular weight excluding hydrogens is 460 g/mol. The first kappa shape index (κ1) is 22.6. The largest absolute Gasteiger partial charge is 0.321 e. The summed E-state index contributed by atoms with van der Waals surface area (Å²) in [5.74, 6) is -0.886. The number of benzene rings is 4. The molecule has 5 aromatic rings. The number of hydrogen-bond acceptors (Lipinski definition) is 4. The van der Waals surface area contributed by atoms with Gasteiger partial charge in [0.15, 0.2) is 11.6 Å². The number of aryl methyl sites for hydroxylation is 1. The molecule has 0 unspecified atom stereocenters. The third-order valence-corrected chi connectivity index (χ3v) is 6.82. The number of ketones is 2. The van der Waals surface area contributed by atoms with Crippen molar-refractivity contribution in [2.45, 2.75) is 13.3 Å². The van der Waals surface area contributed by atoms with E-state index in [0.29, 0.717) is 39.0 Å². The number of nitrogens with zero attached hydrogens (tertiary/aromatic N) is 1. The Hall–Kier alpha value is -4.90. The Labute approximate surface area is 213 Å². The molecule has 0 bridgehead atoms. The first-order valence-electron chi connectivity index (χ1n) is 12.2. The number of hydrogen-bond donors (Lipinski definition) is 1. The molecule has 6 rings (SSSR count). The van der Waals surface area contributed by atoms with Gasteiger partial charge in [0.2, 0.25) is 0 Å². The minimum Gasteiger partial charge on any atom is -0.321 e. The van der Waals surface area contributed by atoms with Gasteiger partial charge in [0.25, 0.3) is 5.91 Å². The number of fused-ring (bicyclic) bond motifs is 3. The van der Waals surface area contributed by atoms with Crippen LogP contribution in [0.4, 0.5) is 5.69 Å². The Morgan fingerprint density at radius 3 is 2.19 bits per heavy atom. The maximum atomic E-state index is 13.7. The molecule has 0 aliphatic heterocycles. The van der Waals surface area contributed by atoms with Gasteiger partial charge >= 0.3 is 0 Å². The van der Waals surface area contributed by atoms with Crippen molar-refractivity contribution in [2.75, 3.05) is 5.32 Å². The fraction of sp³-hybridized carbons (Fsp3) is 0.0625. The average molecular weight is 483 g/mol. The van der Waals surface area contributed by atoms with Gasteiger partial charge in [-0.3, -0.25) is 14.4 Å². The Balaban J connectivity index is 1.43. The quantitative estimate of drug-likeness (QED) is 0.312. The molecule has 1 aliphatic carbocycles. The van der Waals surface area contributed by atoms with E-state index in [0.717, 1.165) is 12.0 Å². The van der Waals surface area contributed by atoms with Crippen molar-refractivity contribution in [3.05, 3.63) is 130 Å². The lowest BCUT2D eigenvalue weighted by atomic mass is 9.83. The molecular formula is C32H22N2O3. The highest BCUT2D eigenvalue weighted by Crippen LogP contribution is 2.33. The van der Waals surface area contributed by atoms with Crippen LogP contribution in [0.5, 0.6) is 0 Å². The number of aromatic nitrogens is 1. The SMILES string of the molecule is CCc1ccc(-c2cc(C(=O)Nc3cccc4c3C(=O)c3ccccc3C4=O)c3ccccc3n2)cc1. The predicted octanol–water partition coefficient (Wildman–Crippen LogP) is 6.49. The summed E-state index contributed by atoms with van der Waals surface area (Å²) in [7, 11) is 0. The molecule has 1 amide bonds. The lowest BCUT2D eigenvalue weighted by Gasteiger charge is -2.20. The molecule has 0 saturated heterocycles. The number of carbonyl (C=O) groups is 3. The Morgan fingerprint density at radius 2 is 1.43 bits per heavy atom. The van der Waals surface area contributed by atoms with Gasteiger partial charge in [-0.25, -0.2) is 4.98 Å². The van der Waals surface area contributed by atoms with Crippen molar-refractivity contribution in [1.82, 2.24) is 4.98 Å². The summed E-state index contributed by atoms with van der Waals surface area (Å²) in [6.07, 6.45) is 0.937. The summed E-state index contributed by atoms with van der Waals surface area (Å²) in [6, 6.07) is 29.1. The third-order valence-electron chi connectivity index (χ3n) is 6.82. The van der Waals surface area contributed by atoms with Crippen LogP contribution in [0.1, 0.15) is 54.7 Å². The van der Waals surface area contributed by atoms with Crippen molar-refractivity contribution in [1.29, 1.82) is 0 Å². The monoisotopic (exact) mass is 482 g/mol. The third kappa shape index (κ3) is 3.81. The second-order valence-electron chi connectivity index (χ2n) is 9.01. The highest BCUT2D eigenvalue weighted by atomic mass is 16.2. The van der Waals surface area contributed by atoms with Crippen LogP contribution >= 0.6 is 0 Å². The maximum absolute atomic E-state index is 13.7. The highest BCUT2D eigenvalue weighted by molar-refractivity contribution is 6.31. The van der Waals surface area contributed by atoms with Gasteiger partial charge in [0, 0.05) is 27.6 Å². The Morgan fingerprint density at radius 1 is 0.757 bits per heavy atom. The van der Waals surface area contributed by atoms with E-state index in [-0.39, 0.29) is 28.6 Å². The summed E-state index contributed by atoms with van der Waals surface area (Å²) in [4.78, 5) is 45.0. The number of para-hydroxylation sites is 1. The molecule has 1 aromatic heterocycles. The highest BCUT2D eigenvalue weighted by Gasteiger charge is 2.32. The Bertz CT molecular complexity index is 1740. The van der Waals surface area contributed by atoms with Gasteiger partial charge in [0.05, 0.1) is 28.0 Å². The van der Waals surface area contributed by atoms with E-state index in [9.17, 15) is 14.4 Å². The fourth-order valence-electron chi connectivity index (χ4n) is 4.86. The molecule has 0 radical (unpaired) electrons. The molecule has 1 aliphatic rings. The summed E-state index contributed by atoms with van der Waals surface area (Å²) in [5, 5.41) is 3.62. The van der Waals surface area contributed by atoms with E-state index in [1.807, 2.05) is 36.4 Å². The number of amides is 1. The van der Waals surface area contributed by atoms with Crippen LogP contribution in [0.15, 0.2) is 97.1 Å². The fourth-order valence-corrected chi connectivity index (χ4v) is 4.86. The normalized spacial score (nSPS) is 12.2. The van der Waals surface area contributed by atoms with Gasteiger partial charge in [-0.05, 0) is 30.2 Å². The lowest BCUT2D eigenvalue weighted by Crippen LogP contribution is -2.24. The first-order valence-corrected chi connectivity index (χ1v) is 12.2. The van der Waals surface area contributed by atoms with E-state index >= 15 is 0 Å². The van der Waals surface area contributed by atoms with Gasteiger partial charge in [-0.15, -0.1) is 0 Å². The average Bonchev–Trinajstić information content (AvgIpc) is 2.95. The zero-order valence-electron chi connectivity index (χ0n) is 20.1. The molecule has 1 heterocycles. The first-order chi connectivity index (χ1) is 18.0. The van der Waals surface area contributed by atoms with Crippen molar-refractivity contribution < 1.29 is 14.4 Å². The minimum absolute atomic E-state index is 0.216. The van der Waals surface area contributed by atoms with Crippen molar-refractivity contribution in [2.24, 2.45) is 0 Å². The minimum atomic E-state index is -0.377. The summed E-state index contributed by atoms with van der Waals surface area (Å²) < 4.78 is 0. The van der Waals surface area contributed by atoms with Gasteiger partial charge in [-0.1, -0.05) is 85.8 Å². The van der Waals surface area contributed by atoms with Crippen LogP contribution in [0, 0.1) is 0 Å². The topological polar surface area (TPSA) is 76.1 Å². The zero-order chi connectivity index (χ0) is 25.5. The maximum Gasteiger partial charge on any atom is 0.256 e. The van der Waals surface area contributed by atoms with Crippen molar-refractivity contribution in [3.63, 3.8) is 0 Å². The smallest absolute Gasteiger partial charge is 0.256 e. The van der Waals surface area contributed by atoms with E-state index in [4.69, 9.17) is 4.98 Å².